The average Bonchev–Trinajstić information content (AvgIpc) is 2.89. The van der Waals surface area contributed by atoms with Crippen LogP contribution in [0.1, 0.15) is 18.4 Å². The summed E-state index contributed by atoms with van der Waals surface area (Å²) >= 11 is 1.68. The van der Waals surface area contributed by atoms with Crippen molar-refractivity contribution in [3.63, 3.8) is 0 Å². The van der Waals surface area contributed by atoms with Crippen LogP contribution in [0.25, 0.3) is 11.4 Å². The van der Waals surface area contributed by atoms with Gasteiger partial charge in [0.15, 0.2) is 11.6 Å². The Hall–Kier alpha value is -1.60. The molecule has 1 aromatic heterocycles. The molecule has 2 aromatic rings. The Balaban J connectivity index is 2.18. The average molecular weight is 283 g/mol. The minimum absolute atomic E-state index is 0.258. The van der Waals surface area contributed by atoms with Crippen LogP contribution in [0.3, 0.4) is 0 Å². The van der Waals surface area contributed by atoms with Crippen LogP contribution in [0.15, 0.2) is 22.7 Å². The van der Waals surface area contributed by atoms with E-state index in [9.17, 15) is 4.39 Å². The van der Waals surface area contributed by atoms with Crippen molar-refractivity contribution in [3.8, 4) is 17.1 Å². The molecule has 0 unspecified atom stereocenters. The van der Waals surface area contributed by atoms with E-state index < -0.39 is 11.6 Å². The van der Waals surface area contributed by atoms with Crippen molar-refractivity contribution in [2.75, 3.05) is 12.0 Å². The van der Waals surface area contributed by atoms with E-state index in [0.717, 1.165) is 18.2 Å². The highest BCUT2D eigenvalue weighted by Crippen LogP contribution is 2.24. The zero-order valence-electron chi connectivity index (χ0n) is 10.3. The predicted octanol–water partition coefficient (Wildman–Crippen LogP) is 2.33. The molecule has 0 bridgehead atoms. The second-order valence-corrected chi connectivity index (χ2v) is 5.00. The van der Waals surface area contributed by atoms with Crippen LogP contribution in [0, 0.1) is 5.82 Å². The maximum absolute atomic E-state index is 13.2. The zero-order valence-corrected chi connectivity index (χ0v) is 11.2. The fourth-order valence-electron chi connectivity index (χ4n) is 1.52. The molecule has 19 heavy (non-hydrogen) atoms. The summed E-state index contributed by atoms with van der Waals surface area (Å²) in [4.78, 5) is 4.14. The first-order chi connectivity index (χ1) is 9.11. The lowest BCUT2D eigenvalue weighted by Crippen LogP contribution is -2.11. The third-order valence-electron chi connectivity index (χ3n) is 2.60. The van der Waals surface area contributed by atoms with Gasteiger partial charge in [-0.25, -0.2) is 4.39 Å². The second kappa shape index (κ2) is 6.03. The number of benzene rings is 1. The number of nitrogens with two attached hydrogens (primary N) is 1. The normalized spacial score (nSPS) is 12.6. The summed E-state index contributed by atoms with van der Waals surface area (Å²) < 4.78 is 18.3. The van der Waals surface area contributed by atoms with Crippen LogP contribution in [0.4, 0.5) is 4.39 Å². The van der Waals surface area contributed by atoms with Crippen molar-refractivity contribution in [3.05, 3.63) is 29.9 Å². The summed E-state index contributed by atoms with van der Waals surface area (Å²) in [5.41, 5.74) is 6.34. The van der Waals surface area contributed by atoms with Crippen LogP contribution >= 0.6 is 11.8 Å². The summed E-state index contributed by atoms with van der Waals surface area (Å²) in [7, 11) is 0. The maximum Gasteiger partial charge on any atom is 0.243 e. The third-order valence-corrected chi connectivity index (χ3v) is 3.24. The fraction of sp³-hybridized carbons (Fsp3) is 0.333. The molecule has 0 spiro atoms. The molecule has 5 nitrogen and oxygen atoms in total. The van der Waals surface area contributed by atoms with Crippen LogP contribution in [-0.2, 0) is 0 Å². The number of thioether (sulfide) groups is 1. The van der Waals surface area contributed by atoms with Crippen molar-refractivity contribution in [1.82, 2.24) is 10.1 Å². The molecule has 0 fully saturated rings. The van der Waals surface area contributed by atoms with Gasteiger partial charge in [-0.3, -0.25) is 0 Å². The number of halogens is 1. The molecule has 0 radical (unpaired) electrons. The van der Waals surface area contributed by atoms with E-state index in [2.05, 4.69) is 10.1 Å². The molecule has 7 heteroatoms. The van der Waals surface area contributed by atoms with Crippen molar-refractivity contribution < 1.29 is 14.0 Å². The monoisotopic (exact) mass is 283 g/mol. The van der Waals surface area contributed by atoms with Crippen molar-refractivity contribution >= 4 is 11.8 Å². The Morgan fingerprint density at radius 2 is 2.32 bits per heavy atom. The van der Waals surface area contributed by atoms with Gasteiger partial charge in [-0.15, -0.1) is 0 Å². The van der Waals surface area contributed by atoms with Crippen LogP contribution in [0.5, 0.6) is 5.75 Å². The fourth-order valence-corrected chi connectivity index (χ4v) is 2.01. The molecular weight excluding hydrogens is 269 g/mol. The van der Waals surface area contributed by atoms with Crippen molar-refractivity contribution in [2.45, 2.75) is 12.5 Å². The van der Waals surface area contributed by atoms with Gasteiger partial charge >= 0.3 is 0 Å². The number of phenols is 1. The Kier molecular flexibility index (Phi) is 4.39. The molecule has 0 aliphatic carbocycles. The topological polar surface area (TPSA) is 85.2 Å². The number of hydrogen-bond donors (Lipinski definition) is 2. The Morgan fingerprint density at radius 3 is 3.00 bits per heavy atom. The molecular formula is C12H14FN3O2S. The van der Waals surface area contributed by atoms with Gasteiger partial charge in [0, 0.05) is 5.56 Å². The SMILES string of the molecule is CSCC[C@H](N)c1nc(-c2ccc(O)c(F)c2)no1. The number of phenolic OH excluding ortho intramolecular Hbond substituents is 1. The van der Waals surface area contributed by atoms with E-state index in [-0.39, 0.29) is 11.9 Å². The van der Waals surface area contributed by atoms with E-state index in [1.54, 1.807) is 11.8 Å². The molecule has 0 aliphatic heterocycles. The van der Waals surface area contributed by atoms with Crippen molar-refractivity contribution in [2.24, 2.45) is 5.73 Å². The molecule has 0 saturated heterocycles. The molecule has 0 saturated carbocycles. The van der Waals surface area contributed by atoms with Crippen molar-refractivity contribution in [1.29, 1.82) is 0 Å². The predicted molar refractivity (Wildman–Crippen MR) is 71.3 cm³/mol. The summed E-state index contributed by atoms with van der Waals surface area (Å²) in [6.07, 6.45) is 2.72. The van der Waals surface area contributed by atoms with Crippen LogP contribution in [0.2, 0.25) is 0 Å². The lowest BCUT2D eigenvalue weighted by molar-refractivity contribution is 0.353. The molecule has 102 valence electrons. The largest absolute Gasteiger partial charge is 0.505 e. The minimum atomic E-state index is -0.726. The van der Waals surface area contributed by atoms with Crippen LogP contribution < -0.4 is 5.73 Å². The van der Waals surface area contributed by atoms with Gasteiger partial charge in [-0.2, -0.15) is 16.7 Å². The van der Waals surface area contributed by atoms with E-state index in [0.29, 0.717) is 11.5 Å². The molecule has 1 heterocycles. The number of hydrogen-bond acceptors (Lipinski definition) is 6. The van der Waals surface area contributed by atoms with E-state index in [1.807, 2.05) is 6.26 Å². The number of aromatic nitrogens is 2. The molecule has 0 amide bonds. The van der Waals surface area contributed by atoms with Gasteiger partial charge in [0.05, 0.1) is 6.04 Å². The van der Waals surface area contributed by atoms with Gasteiger partial charge in [-0.05, 0) is 36.6 Å². The quantitative estimate of drug-likeness (QED) is 0.876. The Morgan fingerprint density at radius 1 is 1.53 bits per heavy atom. The first kappa shape index (κ1) is 13.8. The maximum atomic E-state index is 13.2. The highest BCUT2D eigenvalue weighted by molar-refractivity contribution is 7.98. The lowest BCUT2D eigenvalue weighted by Gasteiger charge is -2.03. The lowest BCUT2D eigenvalue weighted by atomic mass is 10.2. The standard InChI is InChI=1S/C12H14FN3O2S/c1-19-5-4-9(14)12-15-11(16-18-12)7-2-3-10(17)8(13)6-7/h2-3,6,9,17H,4-5,14H2,1H3/t9-/m0/s1. The molecule has 0 aliphatic rings. The Bertz CT molecular complexity index is 562. The second-order valence-electron chi connectivity index (χ2n) is 4.01. The summed E-state index contributed by atoms with van der Waals surface area (Å²) in [6.45, 7) is 0. The van der Waals surface area contributed by atoms with Gasteiger partial charge in [0.1, 0.15) is 0 Å². The molecule has 2 rings (SSSR count). The van der Waals surface area contributed by atoms with Crippen LogP contribution in [-0.4, -0.2) is 27.3 Å². The van der Waals surface area contributed by atoms with Gasteiger partial charge < -0.3 is 15.4 Å². The molecule has 3 N–H and O–H groups in total. The smallest absolute Gasteiger partial charge is 0.243 e. The number of nitrogens with zero attached hydrogens (tertiary/aromatic N) is 2. The zero-order chi connectivity index (χ0) is 13.8. The van der Waals surface area contributed by atoms with E-state index in [4.69, 9.17) is 15.4 Å². The minimum Gasteiger partial charge on any atom is -0.505 e. The van der Waals surface area contributed by atoms with E-state index in [1.165, 1.54) is 12.1 Å². The first-order valence-corrected chi connectivity index (χ1v) is 7.08. The third kappa shape index (κ3) is 3.24. The Labute approximate surface area is 114 Å². The van der Waals surface area contributed by atoms with E-state index >= 15 is 0 Å². The first-order valence-electron chi connectivity index (χ1n) is 5.69. The molecule has 1 atom stereocenters. The molecule has 1 aromatic carbocycles. The summed E-state index contributed by atoms with van der Waals surface area (Å²) in [6, 6.07) is 3.59. The van der Waals surface area contributed by atoms with Gasteiger partial charge in [-0.1, -0.05) is 5.16 Å². The highest BCUT2D eigenvalue weighted by atomic mass is 32.2. The van der Waals surface area contributed by atoms with Gasteiger partial charge in [0.25, 0.3) is 0 Å². The number of aromatic hydroxyl groups is 1. The summed E-state index contributed by atoms with van der Waals surface area (Å²) in [5.74, 6) is 0.345. The van der Waals surface area contributed by atoms with Gasteiger partial charge in [0.2, 0.25) is 11.7 Å². The number of rotatable bonds is 5. The summed E-state index contributed by atoms with van der Waals surface area (Å²) in [5, 5.41) is 12.9. The highest BCUT2D eigenvalue weighted by Gasteiger charge is 2.16.